The summed E-state index contributed by atoms with van der Waals surface area (Å²) in [6.45, 7) is 3.59. The molecule has 0 aliphatic heterocycles. The molecule has 2 N–H and O–H groups in total. The molecule has 3 rings (SSSR count). The number of hydrogen-bond acceptors (Lipinski definition) is 6. The molecule has 142 valence electrons. The third kappa shape index (κ3) is 4.53. The minimum atomic E-state index is -0.473. The number of aliphatic hydroxyl groups excluding tert-OH is 1. The van der Waals surface area contributed by atoms with Gasteiger partial charge in [-0.3, -0.25) is 4.79 Å². The number of rotatable bonds is 6. The molecule has 3 aromatic rings. The zero-order valence-corrected chi connectivity index (χ0v) is 16.3. The van der Waals surface area contributed by atoms with Gasteiger partial charge in [0.2, 0.25) is 0 Å². The number of aromatic amines is 1. The van der Waals surface area contributed by atoms with Gasteiger partial charge in [0.05, 0.1) is 16.8 Å². The summed E-state index contributed by atoms with van der Waals surface area (Å²) in [5, 5.41) is 19.6. The SMILES string of the molecule is Cc1ccc(C)c(SCC(=O)OCC(O)=C(C#N)c2nc3ccccc3[nH]2)c1. The highest BCUT2D eigenvalue weighted by molar-refractivity contribution is 8.00. The molecule has 1 aromatic heterocycles. The quantitative estimate of drug-likeness (QED) is 0.280. The van der Waals surface area contributed by atoms with Gasteiger partial charge in [-0.2, -0.15) is 5.26 Å². The van der Waals surface area contributed by atoms with Crippen LogP contribution >= 0.6 is 11.8 Å². The summed E-state index contributed by atoms with van der Waals surface area (Å²) in [5.41, 5.74) is 3.58. The first-order valence-corrected chi connectivity index (χ1v) is 9.59. The topological polar surface area (TPSA) is 99.0 Å². The number of thioether (sulfide) groups is 1. The van der Waals surface area contributed by atoms with Crippen molar-refractivity contribution in [2.75, 3.05) is 12.4 Å². The molecule has 28 heavy (non-hydrogen) atoms. The molecule has 6 nitrogen and oxygen atoms in total. The van der Waals surface area contributed by atoms with Crippen LogP contribution in [0.4, 0.5) is 0 Å². The van der Waals surface area contributed by atoms with Crippen molar-refractivity contribution in [1.29, 1.82) is 5.26 Å². The van der Waals surface area contributed by atoms with E-state index in [0.717, 1.165) is 21.5 Å². The molecule has 2 aromatic carbocycles. The van der Waals surface area contributed by atoms with Crippen LogP contribution in [0, 0.1) is 25.2 Å². The first-order valence-electron chi connectivity index (χ1n) is 8.61. The summed E-state index contributed by atoms with van der Waals surface area (Å²) < 4.78 is 5.11. The first-order chi connectivity index (χ1) is 13.5. The highest BCUT2D eigenvalue weighted by Gasteiger charge is 2.15. The number of hydrogen-bond donors (Lipinski definition) is 2. The van der Waals surface area contributed by atoms with Crippen LogP contribution in [-0.2, 0) is 9.53 Å². The summed E-state index contributed by atoms with van der Waals surface area (Å²) in [4.78, 5) is 20.3. The number of carbonyl (C=O) groups excluding carboxylic acids is 1. The Morgan fingerprint density at radius 1 is 1.29 bits per heavy atom. The number of allylic oxidation sites excluding steroid dienone is 1. The van der Waals surface area contributed by atoms with Crippen LogP contribution in [0.5, 0.6) is 0 Å². The van der Waals surface area contributed by atoms with Gasteiger partial charge in [-0.25, -0.2) is 4.98 Å². The fourth-order valence-electron chi connectivity index (χ4n) is 2.59. The monoisotopic (exact) mass is 393 g/mol. The number of ether oxygens (including phenoxy) is 1. The van der Waals surface area contributed by atoms with Gasteiger partial charge in [0, 0.05) is 4.90 Å². The predicted molar refractivity (Wildman–Crippen MR) is 109 cm³/mol. The van der Waals surface area contributed by atoms with Crippen LogP contribution in [0.1, 0.15) is 17.0 Å². The molecule has 0 radical (unpaired) electrons. The zero-order valence-electron chi connectivity index (χ0n) is 15.5. The minimum Gasteiger partial charge on any atom is -0.507 e. The van der Waals surface area contributed by atoms with E-state index in [0.29, 0.717) is 5.52 Å². The number of esters is 1. The summed E-state index contributed by atoms with van der Waals surface area (Å²) in [7, 11) is 0. The molecule has 0 atom stereocenters. The van der Waals surface area contributed by atoms with E-state index in [9.17, 15) is 15.2 Å². The van der Waals surface area contributed by atoms with Crippen molar-refractivity contribution in [3.8, 4) is 6.07 Å². The Balaban J connectivity index is 1.64. The van der Waals surface area contributed by atoms with Crippen molar-refractivity contribution >= 4 is 34.3 Å². The smallest absolute Gasteiger partial charge is 0.316 e. The van der Waals surface area contributed by atoms with Gasteiger partial charge in [-0.05, 0) is 37.6 Å². The Labute approximate surface area is 166 Å². The van der Waals surface area contributed by atoms with Gasteiger partial charge < -0.3 is 14.8 Å². The van der Waals surface area contributed by atoms with E-state index in [1.54, 1.807) is 6.07 Å². The number of fused-ring (bicyclic) bond motifs is 1. The third-order valence-corrected chi connectivity index (χ3v) is 5.22. The predicted octanol–water partition coefficient (Wildman–Crippen LogP) is 4.31. The maximum Gasteiger partial charge on any atom is 0.316 e. The molecule has 0 spiro atoms. The molecule has 0 fully saturated rings. The van der Waals surface area contributed by atoms with Crippen molar-refractivity contribution in [3.05, 3.63) is 65.2 Å². The zero-order chi connectivity index (χ0) is 20.1. The number of aryl methyl sites for hydroxylation is 2. The molecule has 0 saturated heterocycles. The molecular formula is C21H19N3O3S. The summed E-state index contributed by atoms with van der Waals surface area (Å²) >= 11 is 1.38. The van der Waals surface area contributed by atoms with E-state index < -0.39 is 5.97 Å². The normalized spacial score (nSPS) is 11.8. The fraction of sp³-hybridized carbons (Fsp3) is 0.190. The molecular weight excluding hydrogens is 374 g/mol. The Morgan fingerprint density at radius 3 is 2.82 bits per heavy atom. The van der Waals surface area contributed by atoms with Gasteiger partial charge in [-0.1, -0.05) is 29.8 Å². The highest BCUT2D eigenvalue weighted by Crippen LogP contribution is 2.24. The van der Waals surface area contributed by atoms with Crippen molar-refractivity contribution in [2.24, 2.45) is 0 Å². The number of benzene rings is 2. The van der Waals surface area contributed by atoms with Crippen LogP contribution in [0.2, 0.25) is 0 Å². The molecule has 0 saturated carbocycles. The summed E-state index contributed by atoms with van der Waals surface area (Å²) in [6.07, 6.45) is 0. The average molecular weight is 393 g/mol. The second-order valence-electron chi connectivity index (χ2n) is 6.25. The molecule has 0 aliphatic carbocycles. The van der Waals surface area contributed by atoms with E-state index in [2.05, 4.69) is 9.97 Å². The Kier molecular flexibility index (Phi) is 6.02. The van der Waals surface area contributed by atoms with E-state index in [1.165, 1.54) is 11.8 Å². The lowest BCUT2D eigenvalue weighted by atomic mass is 10.2. The molecule has 0 bridgehead atoms. The fourth-order valence-corrected chi connectivity index (χ4v) is 3.51. The van der Waals surface area contributed by atoms with Crippen molar-refractivity contribution in [3.63, 3.8) is 0 Å². The van der Waals surface area contributed by atoms with Crippen molar-refractivity contribution in [1.82, 2.24) is 9.97 Å². The van der Waals surface area contributed by atoms with E-state index in [-0.39, 0.29) is 29.5 Å². The lowest BCUT2D eigenvalue weighted by molar-refractivity contribution is -0.140. The largest absolute Gasteiger partial charge is 0.507 e. The second-order valence-corrected chi connectivity index (χ2v) is 7.27. The second kappa shape index (κ2) is 8.63. The van der Waals surface area contributed by atoms with Gasteiger partial charge in [0.15, 0.2) is 11.6 Å². The van der Waals surface area contributed by atoms with Crippen molar-refractivity contribution in [2.45, 2.75) is 18.7 Å². The van der Waals surface area contributed by atoms with E-state index in [4.69, 9.17) is 4.74 Å². The number of nitrogens with one attached hydrogen (secondary N) is 1. The van der Waals surface area contributed by atoms with Crippen LogP contribution in [0.25, 0.3) is 16.6 Å². The minimum absolute atomic E-state index is 0.0498. The maximum absolute atomic E-state index is 12.0. The van der Waals surface area contributed by atoms with Gasteiger partial charge in [0.25, 0.3) is 0 Å². The number of imidazole rings is 1. The lowest BCUT2D eigenvalue weighted by Crippen LogP contribution is -2.11. The highest BCUT2D eigenvalue weighted by atomic mass is 32.2. The Morgan fingerprint density at radius 2 is 2.07 bits per heavy atom. The van der Waals surface area contributed by atoms with Crippen LogP contribution in [0.15, 0.2) is 53.1 Å². The molecule has 0 amide bonds. The average Bonchev–Trinajstić information content (AvgIpc) is 3.11. The molecule has 7 heteroatoms. The summed E-state index contributed by atoms with van der Waals surface area (Å²) in [5.74, 6) is -0.461. The van der Waals surface area contributed by atoms with E-state index >= 15 is 0 Å². The Bertz CT molecular complexity index is 1060. The number of H-pyrrole nitrogens is 1. The third-order valence-electron chi connectivity index (χ3n) is 4.09. The number of nitriles is 1. The number of para-hydroxylation sites is 2. The van der Waals surface area contributed by atoms with Crippen LogP contribution < -0.4 is 0 Å². The first kappa shape index (κ1) is 19.5. The van der Waals surface area contributed by atoms with Gasteiger partial charge in [0.1, 0.15) is 18.2 Å². The summed E-state index contributed by atoms with van der Waals surface area (Å²) in [6, 6.07) is 15.2. The van der Waals surface area contributed by atoms with Gasteiger partial charge >= 0.3 is 5.97 Å². The number of aliphatic hydroxyl groups is 1. The molecule has 0 aliphatic rings. The van der Waals surface area contributed by atoms with Gasteiger partial charge in [-0.15, -0.1) is 11.8 Å². The number of nitrogens with zero attached hydrogens (tertiary/aromatic N) is 2. The van der Waals surface area contributed by atoms with Crippen LogP contribution in [-0.4, -0.2) is 33.4 Å². The standard InChI is InChI=1S/C21H19N3O3S/c1-13-7-8-14(2)19(9-13)28-12-20(26)27-11-18(25)15(10-22)21-23-16-5-3-4-6-17(16)24-21/h3-9,25H,11-12H2,1-2H3,(H,23,24). The van der Waals surface area contributed by atoms with E-state index in [1.807, 2.05) is 56.3 Å². The van der Waals surface area contributed by atoms with Crippen molar-refractivity contribution < 1.29 is 14.6 Å². The maximum atomic E-state index is 12.0. The molecule has 1 heterocycles. The lowest BCUT2D eigenvalue weighted by Gasteiger charge is -2.08. The molecule has 0 unspecified atom stereocenters. The number of aromatic nitrogens is 2. The Hall–Kier alpha value is -3.24. The number of carbonyl (C=O) groups is 1. The van der Waals surface area contributed by atoms with Crippen LogP contribution in [0.3, 0.4) is 0 Å².